The van der Waals surface area contributed by atoms with Crippen molar-refractivity contribution in [2.75, 3.05) is 13.2 Å². The zero-order valence-electron chi connectivity index (χ0n) is 16.0. The highest BCUT2D eigenvalue weighted by Crippen LogP contribution is 2.23. The van der Waals surface area contributed by atoms with Crippen molar-refractivity contribution in [3.05, 3.63) is 42.2 Å². The number of nitrogens with one attached hydrogen (secondary N) is 2. The van der Waals surface area contributed by atoms with Crippen LogP contribution in [0, 0.1) is 5.92 Å². The van der Waals surface area contributed by atoms with Crippen molar-refractivity contribution in [3.8, 4) is 0 Å². The van der Waals surface area contributed by atoms with E-state index < -0.39 is 18.2 Å². The van der Waals surface area contributed by atoms with Gasteiger partial charge in [-0.25, -0.2) is 0 Å². The summed E-state index contributed by atoms with van der Waals surface area (Å²) >= 11 is 0. The molecule has 3 N–H and O–H groups in total. The number of hydrogen-bond acceptors (Lipinski definition) is 5. The van der Waals surface area contributed by atoms with Gasteiger partial charge in [-0.05, 0) is 30.9 Å². The van der Waals surface area contributed by atoms with E-state index in [1.165, 1.54) is 32.1 Å². The van der Waals surface area contributed by atoms with Crippen molar-refractivity contribution in [2.45, 2.75) is 56.8 Å². The molecule has 1 aliphatic heterocycles. The molecule has 3 atom stereocenters. The lowest BCUT2D eigenvalue weighted by Gasteiger charge is -2.31. The molecule has 28 heavy (non-hydrogen) atoms. The van der Waals surface area contributed by atoms with E-state index in [1.54, 1.807) is 36.7 Å². The number of rotatable bonds is 7. The van der Waals surface area contributed by atoms with Gasteiger partial charge in [0.05, 0.1) is 25.2 Å². The molecular formula is C21H29N3O4. The van der Waals surface area contributed by atoms with Gasteiger partial charge in [-0.3, -0.25) is 14.6 Å². The van der Waals surface area contributed by atoms with Crippen LogP contribution in [0.1, 0.15) is 48.9 Å². The first-order valence-corrected chi connectivity index (χ1v) is 10.1. The Balaban J connectivity index is 1.48. The van der Waals surface area contributed by atoms with Gasteiger partial charge < -0.3 is 20.5 Å². The number of pyridine rings is 1. The lowest BCUT2D eigenvalue weighted by molar-refractivity contribution is -0.125. The van der Waals surface area contributed by atoms with Crippen molar-refractivity contribution in [3.63, 3.8) is 0 Å². The molecule has 1 aliphatic carbocycles. The number of nitrogens with zero attached hydrogens (tertiary/aromatic N) is 1. The molecule has 0 bridgehead atoms. The molecule has 2 heterocycles. The monoisotopic (exact) mass is 387 g/mol. The van der Waals surface area contributed by atoms with E-state index in [1.807, 2.05) is 0 Å². The van der Waals surface area contributed by atoms with Gasteiger partial charge >= 0.3 is 0 Å². The molecule has 0 spiro atoms. The third kappa shape index (κ3) is 5.87. The van der Waals surface area contributed by atoms with Gasteiger partial charge in [0.25, 0.3) is 5.91 Å². The van der Waals surface area contributed by atoms with Gasteiger partial charge in [0.2, 0.25) is 5.91 Å². The fraction of sp³-hybridized carbons (Fsp3) is 0.571. The topological polar surface area (TPSA) is 101 Å². The largest absolute Gasteiger partial charge is 0.394 e. The van der Waals surface area contributed by atoms with Gasteiger partial charge in [0.15, 0.2) is 0 Å². The van der Waals surface area contributed by atoms with Crippen LogP contribution >= 0.6 is 0 Å². The predicted molar refractivity (Wildman–Crippen MR) is 105 cm³/mol. The molecule has 2 aliphatic rings. The maximum absolute atomic E-state index is 12.3. The SMILES string of the molecule is O=C(C[C@H]1C=C[C@@H](NC(=O)c2ccncc2)[C@@H](CO)O1)NCC1CCCCC1. The summed E-state index contributed by atoms with van der Waals surface area (Å²) in [6.07, 6.45) is 12.1. The summed E-state index contributed by atoms with van der Waals surface area (Å²) in [6.45, 7) is 0.481. The molecule has 0 saturated heterocycles. The molecule has 7 nitrogen and oxygen atoms in total. The van der Waals surface area contributed by atoms with E-state index in [0.717, 1.165) is 6.54 Å². The first kappa shape index (κ1) is 20.5. The number of ether oxygens (including phenoxy) is 1. The number of aromatic nitrogens is 1. The fourth-order valence-corrected chi connectivity index (χ4v) is 3.78. The number of amides is 2. The highest BCUT2D eigenvalue weighted by molar-refractivity contribution is 5.94. The highest BCUT2D eigenvalue weighted by atomic mass is 16.5. The Labute approximate surface area is 165 Å². The van der Waals surface area contributed by atoms with Crippen LogP contribution < -0.4 is 10.6 Å². The van der Waals surface area contributed by atoms with Gasteiger partial charge in [0, 0.05) is 24.5 Å². The Hall–Kier alpha value is -2.25. The second-order valence-corrected chi connectivity index (χ2v) is 7.53. The molecule has 152 valence electrons. The third-order valence-corrected chi connectivity index (χ3v) is 5.40. The summed E-state index contributed by atoms with van der Waals surface area (Å²) in [5.74, 6) is 0.275. The lowest BCUT2D eigenvalue weighted by Crippen LogP contribution is -2.49. The van der Waals surface area contributed by atoms with Crippen molar-refractivity contribution in [1.29, 1.82) is 0 Å². The van der Waals surface area contributed by atoms with E-state index >= 15 is 0 Å². The van der Waals surface area contributed by atoms with Crippen LogP contribution in [0.5, 0.6) is 0 Å². The third-order valence-electron chi connectivity index (χ3n) is 5.40. The van der Waals surface area contributed by atoms with Crippen molar-refractivity contribution in [2.24, 2.45) is 5.92 Å². The first-order chi connectivity index (χ1) is 13.7. The van der Waals surface area contributed by atoms with Crippen molar-refractivity contribution < 1.29 is 19.4 Å². The van der Waals surface area contributed by atoms with Crippen LogP contribution in [-0.4, -0.2) is 53.3 Å². The zero-order valence-corrected chi connectivity index (χ0v) is 16.0. The average molecular weight is 387 g/mol. The summed E-state index contributed by atoms with van der Waals surface area (Å²) in [5.41, 5.74) is 0.490. The zero-order chi connectivity index (χ0) is 19.8. The minimum atomic E-state index is -0.591. The van der Waals surface area contributed by atoms with Crippen LogP contribution in [0.3, 0.4) is 0 Å². The molecule has 1 aromatic rings. The highest BCUT2D eigenvalue weighted by Gasteiger charge is 2.29. The summed E-state index contributed by atoms with van der Waals surface area (Å²) in [7, 11) is 0. The molecule has 1 saturated carbocycles. The Morgan fingerprint density at radius 1 is 1.14 bits per heavy atom. The number of aliphatic hydroxyl groups excluding tert-OH is 1. The molecular weight excluding hydrogens is 358 g/mol. The number of carbonyl (C=O) groups excluding carboxylic acids is 2. The van der Waals surface area contributed by atoms with Gasteiger partial charge in [0.1, 0.15) is 6.10 Å². The van der Waals surface area contributed by atoms with Crippen molar-refractivity contribution in [1.82, 2.24) is 15.6 Å². The van der Waals surface area contributed by atoms with Crippen LogP contribution in [0.25, 0.3) is 0 Å². The van der Waals surface area contributed by atoms with E-state index in [0.29, 0.717) is 11.5 Å². The molecule has 0 aromatic carbocycles. The Morgan fingerprint density at radius 3 is 2.61 bits per heavy atom. The first-order valence-electron chi connectivity index (χ1n) is 10.1. The number of carbonyl (C=O) groups is 2. The van der Waals surface area contributed by atoms with Gasteiger partial charge in [-0.15, -0.1) is 0 Å². The lowest BCUT2D eigenvalue weighted by atomic mass is 9.89. The maximum atomic E-state index is 12.3. The molecule has 3 rings (SSSR count). The Morgan fingerprint density at radius 2 is 1.89 bits per heavy atom. The van der Waals surface area contributed by atoms with E-state index in [9.17, 15) is 14.7 Å². The number of hydrogen-bond donors (Lipinski definition) is 3. The minimum Gasteiger partial charge on any atom is -0.394 e. The predicted octanol–water partition coefficient (Wildman–Crippen LogP) is 1.58. The molecule has 1 aromatic heterocycles. The molecule has 1 fully saturated rings. The summed E-state index contributed by atoms with van der Waals surface area (Å²) < 4.78 is 5.82. The molecule has 0 radical (unpaired) electrons. The summed E-state index contributed by atoms with van der Waals surface area (Å²) in [6, 6.07) is 2.79. The molecule has 2 amide bonds. The second-order valence-electron chi connectivity index (χ2n) is 7.53. The summed E-state index contributed by atoms with van der Waals surface area (Å²) in [4.78, 5) is 28.4. The van der Waals surface area contributed by atoms with E-state index in [2.05, 4.69) is 15.6 Å². The van der Waals surface area contributed by atoms with Crippen LogP contribution in [0.2, 0.25) is 0 Å². The molecule has 0 unspecified atom stereocenters. The van der Waals surface area contributed by atoms with Gasteiger partial charge in [-0.1, -0.05) is 31.4 Å². The molecule has 7 heteroatoms. The van der Waals surface area contributed by atoms with Crippen LogP contribution in [0.15, 0.2) is 36.7 Å². The quantitative estimate of drug-likeness (QED) is 0.617. The van der Waals surface area contributed by atoms with Crippen molar-refractivity contribution >= 4 is 11.8 Å². The second kappa shape index (κ2) is 10.3. The normalized spacial score (nSPS) is 25.2. The fourth-order valence-electron chi connectivity index (χ4n) is 3.78. The smallest absolute Gasteiger partial charge is 0.251 e. The number of aliphatic hydroxyl groups is 1. The maximum Gasteiger partial charge on any atom is 0.251 e. The van der Waals surface area contributed by atoms with Crippen LogP contribution in [-0.2, 0) is 9.53 Å². The average Bonchev–Trinajstić information content (AvgIpc) is 2.74. The van der Waals surface area contributed by atoms with E-state index in [4.69, 9.17) is 4.74 Å². The Kier molecular flexibility index (Phi) is 7.56. The standard InChI is InChI=1S/C21H29N3O4/c25-14-19-18(24-21(27)16-8-10-22-11-9-16)7-6-17(28-19)12-20(26)23-13-15-4-2-1-3-5-15/h6-11,15,17-19,25H,1-5,12-14H2,(H,23,26)(H,24,27)/t17-,18-,19-/m1/s1. The Bertz CT molecular complexity index is 673. The van der Waals surface area contributed by atoms with Gasteiger partial charge in [-0.2, -0.15) is 0 Å². The summed E-state index contributed by atoms with van der Waals surface area (Å²) in [5, 5.41) is 15.5. The van der Waals surface area contributed by atoms with Crippen LogP contribution in [0.4, 0.5) is 0 Å². The van der Waals surface area contributed by atoms with E-state index in [-0.39, 0.29) is 24.8 Å². The minimum absolute atomic E-state index is 0.0452.